The van der Waals surface area contributed by atoms with E-state index < -0.39 is 9.84 Å². The van der Waals surface area contributed by atoms with Gasteiger partial charge in [0.05, 0.1) is 23.3 Å². The minimum atomic E-state index is -3.13. The van der Waals surface area contributed by atoms with E-state index in [4.69, 9.17) is 0 Å². The van der Waals surface area contributed by atoms with Gasteiger partial charge in [-0.1, -0.05) is 43.3 Å². The smallest absolute Gasteiger partial charge is 0.251 e. The molecule has 0 radical (unpaired) electrons. The van der Waals surface area contributed by atoms with Gasteiger partial charge in [-0.3, -0.25) is 9.59 Å². The molecule has 1 N–H and O–H groups in total. The van der Waals surface area contributed by atoms with Crippen molar-refractivity contribution in [2.24, 2.45) is 0 Å². The fourth-order valence-corrected chi connectivity index (χ4v) is 5.72. The minimum absolute atomic E-state index is 0.0284. The van der Waals surface area contributed by atoms with Gasteiger partial charge in [0, 0.05) is 17.4 Å². The Kier molecular flexibility index (Phi) is 6.56. The number of aromatic amines is 1. The summed E-state index contributed by atoms with van der Waals surface area (Å²) in [5.74, 6) is -0.0829. The number of benzene rings is 1. The number of para-hydroxylation sites is 1. The zero-order chi connectivity index (χ0) is 20.1. The Labute approximate surface area is 168 Å². The molecule has 9 heteroatoms. The molecule has 28 heavy (non-hydrogen) atoms. The van der Waals surface area contributed by atoms with Gasteiger partial charge in [-0.25, -0.2) is 13.4 Å². The Hall–Kier alpha value is -2.13. The summed E-state index contributed by atoms with van der Waals surface area (Å²) in [5.41, 5.74) is 1.13. The monoisotopic (exact) mass is 421 g/mol. The van der Waals surface area contributed by atoms with Crippen LogP contribution in [0.15, 0.2) is 46.3 Å². The SMILES string of the molecule is CCCc1cc(=O)[nH]c(SCC(=O)N(c2ccccc2)C2CCS(=O)(=O)C2)n1. The van der Waals surface area contributed by atoms with E-state index in [2.05, 4.69) is 9.97 Å². The Morgan fingerprint density at radius 3 is 2.71 bits per heavy atom. The van der Waals surface area contributed by atoms with Crippen LogP contribution in [0.1, 0.15) is 25.5 Å². The van der Waals surface area contributed by atoms with Gasteiger partial charge < -0.3 is 9.88 Å². The predicted octanol–water partition coefficient (Wildman–Crippen LogP) is 2.03. The predicted molar refractivity (Wildman–Crippen MR) is 111 cm³/mol. The van der Waals surface area contributed by atoms with Crippen molar-refractivity contribution >= 4 is 33.2 Å². The number of sulfone groups is 1. The van der Waals surface area contributed by atoms with Crippen LogP contribution in [-0.2, 0) is 21.1 Å². The number of rotatable bonds is 7. The van der Waals surface area contributed by atoms with Gasteiger partial charge in [0.15, 0.2) is 15.0 Å². The molecule has 1 aliphatic rings. The van der Waals surface area contributed by atoms with E-state index in [0.29, 0.717) is 29.4 Å². The first-order valence-corrected chi connectivity index (χ1v) is 12.0. The topological polar surface area (TPSA) is 100 Å². The van der Waals surface area contributed by atoms with Gasteiger partial charge >= 0.3 is 0 Å². The minimum Gasteiger partial charge on any atom is -0.308 e. The van der Waals surface area contributed by atoms with Crippen molar-refractivity contribution in [2.45, 2.75) is 37.4 Å². The highest BCUT2D eigenvalue weighted by Crippen LogP contribution is 2.26. The average molecular weight is 422 g/mol. The second kappa shape index (κ2) is 8.91. The summed E-state index contributed by atoms with van der Waals surface area (Å²) < 4.78 is 23.8. The highest BCUT2D eigenvalue weighted by molar-refractivity contribution is 7.99. The summed E-state index contributed by atoms with van der Waals surface area (Å²) in [4.78, 5) is 33.4. The van der Waals surface area contributed by atoms with Crippen LogP contribution in [-0.4, -0.2) is 47.6 Å². The number of hydrogen-bond donors (Lipinski definition) is 1. The van der Waals surface area contributed by atoms with Gasteiger partial charge in [0.1, 0.15) is 0 Å². The van der Waals surface area contributed by atoms with Gasteiger partial charge in [0.2, 0.25) is 5.91 Å². The summed E-state index contributed by atoms with van der Waals surface area (Å²) in [6.07, 6.45) is 1.99. The molecule has 150 valence electrons. The number of amides is 1. The number of carbonyl (C=O) groups excluding carboxylic acids is 1. The van der Waals surface area contributed by atoms with Crippen molar-refractivity contribution in [1.29, 1.82) is 0 Å². The molecule has 0 bridgehead atoms. The Morgan fingerprint density at radius 2 is 2.07 bits per heavy atom. The normalized spacial score (nSPS) is 18.1. The molecule has 1 fully saturated rings. The molecule has 1 amide bonds. The largest absolute Gasteiger partial charge is 0.308 e. The van der Waals surface area contributed by atoms with Crippen molar-refractivity contribution in [3.8, 4) is 0 Å². The van der Waals surface area contributed by atoms with Crippen LogP contribution < -0.4 is 10.5 Å². The number of aryl methyl sites for hydroxylation is 1. The van der Waals surface area contributed by atoms with Crippen LogP contribution in [0.25, 0.3) is 0 Å². The van der Waals surface area contributed by atoms with Crippen molar-refractivity contribution in [3.05, 3.63) is 52.4 Å². The molecule has 2 aromatic rings. The van der Waals surface area contributed by atoms with Gasteiger partial charge in [-0.05, 0) is 25.0 Å². The number of anilines is 1. The second-order valence-electron chi connectivity index (χ2n) is 6.74. The number of aromatic nitrogens is 2. The van der Waals surface area contributed by atoms with Crippen molar-refractivity contribution < 1.29 is 13.2 Å². The van der Waals surface area contributed by atoms with Crippen LogP contribution in [0.2, 0.25) is 0 Å². The molecule has 1 saturated heterocycles. The van der Waals surface area contributed by atoms with Crippen molar-refractivity contribution in [2.75, 3.05) is 22.2 Å². The number of carbonyl (C=O) groups is 1. The summed E-state index contributed by atoms with van der Waals surface area (Å²) in [7, 11) is -3.13. The van der Waals surface area contributed by atoms with Crippen LogP contribution in [0.3, 0.4) is 0 Å². The summed E-state index contributed by atoms with van der Waals surface area (Å²) in [6, 6.07) is 10.2. The maximum atomic E-state index is 13.0. The molecule has 1 aromatic heterocycles. The standard InChI is InChI=1S/C19H23N3O4S2/c1-2-6-14-11-17(23)21-19(20-14)27-12-18(24)22(15-7-4-3-5-8-15)16-9-10-28(25,26)13-16/h3-5,7-8,11,16H,2,6,9-10,12-13H2,1H3,(H,20,21,23). The van der Waals surface area contributed by atoms with Crippen molar-refractivity contribution in [1.82, 2.24) is 9.97 Å². The third kappa shape index (κ3) is 5.23. The molecule has 2 heterocycles. The Balaban J connectivity index is 1.78. The van der Waals surface area contributed by atoms with Crippen molar-refractivity contribution in [3.63, 3.8) is 0 Å². The van der Waals surface area contributed by atoms with E-state index in [1.54, 1.807) is 17.0 Å². The van der Waals surface area contributed by atoms with Crippen LogP contribution in [0.5, 0.6) is 0 Å². The lowest BCUT2D eigenvalue weighted by atomic mass is 10.2. The second-order valence-corrected chi connectivity index (χ2v) is 9.93. The van der Waals surface area contributed by atoms with Crippen LogP contribution >= 0.6 is 11.8 Å². The molecule has 0 saturated carbocycles. The summed E-state index contributed by atoms with van der Waals surface area (Å²) in [6.45, 7) is 2.01. The molecule has 0 spiro atoms. The first-order chi connectivity index (χ1) is 13.4. The number of hydrogen-bond acceptors (Lipinski definition) is 6. The molecule has 1 atom stereocenters. The van der Waals surface area contributed by atoms with E-state index in [1.807, 2.05) is 25.1 Å². The van der Waals surface area contributed by atoms with E-state index in [1.165, 1.54) is 6.07 Å². The molecular formula is C19H23N3O4S2. The molecule has 7 nitrogen and oxygen atoms in total. The molecule has 0 aliphatic carbocycles. The molecule has 1 aliphatic heterocycles. The lowest BCUT2D eigenvalue weighted by molar-refractivity contribution is -0.116. The van der Waals surface area contributed by atoms with Crippen LogP contribution in [0, 0.1) is 0 Å². The van der Waals surface area contributed by atoms with Gasteiger partial charge in [-0.15, -0.1) is 0 Å². The third-order valence-electron chi connectivity index (χ3n) is 4.49. The number of H-pyrrole nitrogens is 1. The van der Waals surface area contributed by atoms with Gasteiger partial charge in [-0.2, -0.15) is 0 Å². The highest BCUT2D eigenvalue weighted by Gasteiger charge is 2.35. The lowest BCUT2D eigenvalue weighted by Crippen LogP contribution is -2.42. The maximum absolute atomic E-state index is 13.0. The van der Waals surface area contributed by atoms with E-state index in [9.17, 15) is 18.0 Å². The average Bonchev–Trinajstić information content (AvgIpc) is 3.00. The van der Waals surface area contributed by atoms with E-state index >= 15 is 0 Å². The molecule has 3 rings (SSSR count). The summed E-state index contributed by atoms with van der Waals surface area (Å²) >= 11 is 1.16. The third-order valence-corrected chi connectivity index (χ3v) is 7.10. The maximum Gasteiger partial charge on any atom is 0.251 e. The first kappa shape index (κ1) is 20.6. The Bertz CT molecular complexity index is 990. The fourth-order valence-electron chi connectivity index (χ4n) is 3.26. The number of nitrogens with zero attached hydrogens (tertiary/aromatic N) is 2. The summed E-state index contributed by atoms with van der Waals surface area (Å²) in [5, 5.41) is 0.399. The highest BCUT2D eigenvalue weighted by atomic mass is 32.2. The van der Waals surface area contributed by atoms with Gasteiger partial charge in [0.25, 0.3) is 5.56 Å². The van der Waals surface area contributed by atoms with E-state index in [-0.39, 0.29) is 34.8 Å². The zero-order valence-corrected chi connectivity index (χ0v) is 17.3. The first-order valence-electron chi connectivity index (χ1n) is 9.18. The quantitative estimate of drug-likeness (QED) is 0.542. The fraction of sp³-hybridized carbons (Fsp3) is 0.421. The lowest BCUT2D eigenvalue weighted by Gasteiger charge is -2.28. The number of thioether (sulfide) groups is 1. The molecule has 1 aromatic carbocycles. The van der Waals surface area contributed by atoms with Crippen LogP contribution in [0.4, 0.5) is 5.69 Å². The molecule has 1 unspecified atom stereocenters. The zero-order valence-electron chi connectivity index (χ0n) is 15.6. The van der Waals surface area contributed by atoms with E-state index in [0.717, 1.165) is 18.2 Å². The Morgan fingerprint density at radius 1 is 1.32 bits per heavy atom. The molecular weight excluding hydrogens is 398 g/mol. The number of nitrogens with one attached hydrogen (secondary N) is 1.